The summed E-state index contributed by atoms with van der Waals surface area (Å²) in [7, 11) is 3.14. The van der Waals surface area contributed by atoms with E-state index in [2.05, 4.69) is 49.5 Å². The zero-order valence-corrected chi connectivity index (χ0v) is 36.8. The summed E-state index contributed by atoms with van der Waals surface area (Å²) < 4.78 is 24.2. The molecule has 2 fully saturated rings. The third kappa shape index (κ3) is 12.7. The van der Waals surface area contributed by atoms with Gasteiger partial charge in [-0.2, -0.15) is 37.0 Å². The maximum absolute atomic E-state index is 11.0. The first-order valence-electron chi connectivity index (χ1n) is 20.0. The number of hydrogen-bond acceptors (Lipinski definition) is 11. The molecule has 2 aliphatic rings. The van der Waals surface area contributed by atoms with E-state index >= 15 is 0 Å². The largest absolute Gasteiger partial charge is 0.481 e. The van der Waals surface area contributed by atoms with E-state index in [1.165, 1.54) is 0 Å². The van der Waals surface area contributed by atoms with Crippen molar-refractivity contribution in [1.82, 2.24) is 15.3 Å². The van der Waals surface area contributed by atoms with Crippen LogP contribution in [0.2, 0.25) is 0 Å². The predicted molar refractivity (Wildman–Crippen MR) is 237 cm³/mol. The molecule has 2 saturated carbocycles. The van der Waals surface area contributed by atoms with Crippen molar-refractivity contribution < 1.29 is 49.0 Å². The summed E-state index contributed by atoms with van der Waals surface area (Å²) >= 11 is 0. The third-order valence-electron chi connectivity index (χ3n) is 10.9. The van der Waals surface area contributed by atoms with Crippen LogP contribution in [0.25, 0.3) is 11.1 Å². The minimum Gasteiger partial charge on any atom is -0.481 e. The molecule has 326 valence electrons. The van der Waals surface area contributed by atoms with Gasteiger partial charge in [0.2, 0.25) is 23.5 Å². The lowest BCUT2D eigenvalue weighted by atomic mass is 9.92. The number of carboxylic acids is 2. The summed E-state index contributed by atoms with van der Waals surface area (Å²) in [6, 6.07) is 16.6. The Bertz CT molecular complexity index is 1950. The Morgan fingerprint density at radius 1 is 0.700 bits per heavy atom. The molecule has 2 aliphatic carbocycles. The third-order valence-corrected chi connectivity index (χ3v) is 10.9. The fourth-order valence-electron chi connectivity index (χ4n) is 7.38. The monoisotopic (exact) mass is 865 g/mol. The smallest absolute Gasteiger partial charge is 0.306 e. The molecule has 13 nitrogen and oxygen atoms in total. The zero-order chi connectivity index (χ0) is 41.3. The number of nitrogens with one attached hydrogen (secondary N) is 1. The summed E-state index contributed by atoms with van der Waals surface area (Å²) in [4.78, 5) is 31.4. The van der Waals surface area contributed by atoms with E-state index < -0.39 is 24.1 Å². The minimum atomic E-state index is -1.05. The molecule has 0 radical (unpaired) electrons. The van der Waals surface area contributed by atoms with Gasteiger partial charge in [-0.15, -0.1) is 0 Å². The van der Waals surface area contributed by atoms with Crippen LogP contribution in [0.4, 0.5) is 0 Å². The van der Waals surface area contributed by atoms with Gasteiger partial charge in [0.25, 0.3) is 0 Å². The SMILES string of the molecule is COc1nc(OCc2cccc(-c3cccc(COc4nc(OC)c(CNC[C@@H](O)CC(=O)O)cc4C4CC4)c3C)c2C)c(C2CC2)cc1CCC[C@@H](O)CC(=O)O.S.S. The van der Waals surface area contributed by atoms with E-state index in [-0.39, 0.29) is 46.4 Å². The molecule has 0 amide bonds. The van der Waals surface area contributed by atoms with E-state index in [9.17, 15) is 19.8 Å². The Kier molecular flexibility index (Phi) is 17.9. The van der Waals surface area contributed by atoms with Crippen molar-refractivity contribution in [1.29, 1.82) is 0 Å². The Morgan fingerprint density at radius 2 is 1.17 bits per heavy atom. The fourth-order valence-corrected chi connectivity index (χ4v) is 7.38. The lowest BCUT2D eigenvalue weighted by molar-refractivity contribution is -0.140. The molecule has 60 heavy (non-hydrogen) atoms. The van der Waals surface area contributed by atoms with Crippen LogP contribution in [-0.4, -0.2) is 75.3 Å². The molecular formula is C45H59N3O10S2. The van der Waals surface area contributed by atoms with Crippen molar-refractivity contribution in [2.24, 2.45) is 0 Å². The molecule has 2 aromatic heterocycles. The number of carbonyl (C=O) groups is 2. The maximum Gasteiger partial charge on any atom is 0.306 e. The molecule has 2 heterocycles. The van der Waals surface area contributed by atoms with Crippen LogP contribution in [0.15, 0.2) is 48.5 Å². The second-order valence-corrected chi connectivity index (χ2v) is 15.4. The van der Waals surface area contributed by atoms with E-state index in [1.807, 2.05) is 18.2 Å². The van der Waals surface area contributed by atoms with Crippen LogP contribution in [0.1, 0.15) is 108 Å². The van der Waals surface area contributed by atoms with Gasteiger partial charge in [-0.05, 0) is 116 Å². The molecule has 0 bridgehead atoms. The van der Waals surface area contributed by atoms with Crippen LogP contribution < -0.4 is 24.3 Å². The molecule has 4 aromatic rings. The first-order valence-corrected chi connectivity index (χ1v) is 20.0. The predicted octanol–water partition coefficient (Wildman–Crippen LogP) is 7.00. The number of aliphatic hydroxyl groups is 2. The number of methoxy groups -OCH3 is 2. The highest BCUT2D eigenvalue weighted by molar-refractivity contribution is 7.59. The Labute approximate surface area is 365 Å². The van der Waals surface area contributed by atoms with Crippen molar-refractivity contribution in [3.8, 4) is 34.6 Å². The number of aryl methyl sites for hydroxylation is 1. The summed E-state index contributed by atoms with van der Waals surface area (Å²) in [5, 5.41) is 41.0. The first kappa shape index (κ1) is 48.1. The van der Waals surface area contributed by atoms with E-state index in [1.54, 1.807) is 14.2 Å². The quantitative estimate of drug-likeness (QED) is 0.0513. The highest BCUT2D eigenvalue weighted by Gasteiger charge is 2.31. The van der Waals surface area contributed by atoms with Crippen LogP contribution in [-0.2, 0) is 35.8 Å². The summed E-state index contributed by atoms with van der Waals surface area (Å²) in [5.41, 5.74) is 10.3. The summed E-state index contributed by atoms with van der Waals surface area (Å²) in [6.07, 6.45) is 3.34. The van der Waals surface area contributed by atoms with E-state index in [4.69, 9.17) is 39.1 Å². The van der Waals surface area contributed by atoms with Gasteiger partial charge in [-0.25, -0.2) is 0 Å². The molecule has 2 atom stereocenters. The molecule has 0 aliphatic heterocycles. The van der Waals surface area contributed by atoms with Gasteiger partial charge in [-0.3, -0.25) is 9.59 Å². The highest BCUT2D eigenvalue weighted by Crippen LogP contribution is 2.47. The zero-order valence-electron chi connectivity index (χ0n) is 34.8. The normalized spacial score (nSPS) is 14.3. The van der Waals surface area contributed by atoms with Crippen molar-refractivity contribution >= 4 is 38.9 Å². The number of nitrogens with zero attached hydrogens (tertiary/aromatic N) is 2. The molecule has 0 saturated heterocycles. The van der Waals surface area contributed by atoms with Crippen LogP contribution in [0.3, 0.4) is 0 Å². The first-order chi connectivity index (χ1) is 27.9. The molecule has 0 spiro atoms. The van der Waals surface area contributed by atoms with Gasteiger partial charge in [0, 0.05) is 35.3 Å². The fraction of sp³-hybridized carbons (Fsp3) is 0.467. The molecule has 0 unspecified atom stereocenters. The molecular weight excluding hydrogens is 807 g/mol. The number of pyridine rings is 2. The average Bonchev–Trinajstić information content (AvgIpc) is 4.12. The molecule has 5 N–H and O–H groups in total. The van der Waals surface area contributed by atoms with Crippen molar-refractivity contribution in [3.05, 3.63) is 93.0 Å². The van der Waals surface area contributed by atoms with Gasteiger partial charge < -0.3 is 44.7 Å². The molecule has 15 heteroatoms. The van der Waals surface area contributed by atoms with Gasteiger partial charge in [0.15, 0.2) is 0 Å². The van der Waals surface area contributed by atoms with Crippen molar-refractivity contribution in [2.75, 3.05) is 20.8 Å². The number of aromatic nitrogens is 2. The van der Waals surface area contributed by atoms with Crippen LogP contribution in [0.5, 0.6) is 23.5 Å². The number of rotatable bonds is 23. The highest BCUT2D eigenvalue weighted by atomic mass is 32.1. The van der Waals surface area contributed by atoms with Crippen molar-refractivity contribution in [3.63, 3.8) is 0 Å². The Hall–Kier alpha value is -4.54. The summed E-state index contributed by atoms with van der Waals surface area (Å²) in [6.45, 7) is 5.34. The number of ether oxygens (including phenoxy) is 4. The standard InChI is InChI=1S/C45H55N3O10.2H2S/c1-26-31(24-57-44-38(28-14-15-28)18-30(42(47-44)55-3)8-5-11-34(49)20-40(51)52)9-6-12-36(26)37-13-7-10-32(27(37)2)25-58-45-39(29-16-17-29)19-33(43(48-45)56-4)22-46-23-35(50)21-41(53)54;;/h6-7,9-10,12-13,18-19,28-29,34-35,46,49-50H,5,8,11,14-17,20-25H2,1-4H3,(H,51,52)(H,53,54);2*1H2/t34-,35+;;/m1../s1. The average molecular weight is 866 g/mol. The van der Waals surface area contributed by atoms with Crippen LogP contribution in [0, 0.1) is 13.8 Å². The van der Waals surface area contributed by atoms with Gasteiger partial charge >= 0.3 is 11.9 Å². The Morgan fingerprint density at radius 3 is 1.63 bits per heavy atom. The molecule has 6 rings (SSSR count). The number of aliphatic hydroxyl groups excluding tert-OH is 2. The second kappa shape index (κ2) is 22.3. The van der Waals surface area contributed by atoms with E-state index in [0.29, 0.717) is 74.4 Å². The lowest BCUT2D eigenvalue weighted by Gasteiger charge is -2.19. The van der Waals surface area contributed by atoms with Crippen molar-refractivity contribution in [2.45, 2.75) is 115 Å². The van der Waals surface area contributed by atoms with Crippen LogP contribution >= 0.6 is 27.0 Å². The van der Waals surface area contributed by atoms with Gasteiger partial charge in [0.05, 0.1) is 39.3 Å². The summed E-state index contributed by atoms with van der Waals surface area (Å²) in [5.74, 6) is 0.637. The topological polar surface area (TPSA) is 190 Å². The Balaban J connectivity index is 0.00000397. The maximum atomic E-state index is 11.0. The van der Waals surface area contributed by atoms with E-state index in [0.717, 1.165) is 81.3 Å². The second-order valence-electron chi connectivity index (χ2n) is 15.4. The molecule has 2 aromatic carbocycles. The van der Waals surface area contributed by atoms with Gasteiger partial charge in [0.1, 0.15) is 13.2 Å². The number of benzene rings is 2. The van der Waals surface area contributed by atoms with Gasteiger partial charge in [-0.1, -0.05) is 36.4 Å². The number of carboxylic acid groups (broad SMARTS) is 2. The minimum absolute atomic E-state index is 0. The number of hydrogen-bond donors (Lipinski definition) is 5. The number of aliphatic carboxylic acids is 2. The lowest BCUT2D eigenvalue weighted by Crippen LogP contribution is -2.28.